The number of rotatable bonds is 41. The predicted octanol–water partition coefficient (Wildman–Crippen LogP) is 11.9. The van der Waals surface area contributed by atoms with Gasteiger partial charge in [-0.2, -0.15) is 8.42 Å². The summed E-state index contributed by atoms with van der Waals surface area (Å²) in [4.78, 5) is 26.2. The summed E-state index contributed by atoms with van der Waals surface area (Å²) in [5, 5.41) is 8.82. The molecule has 292 valence electrons. The first-order valence-electron chi connectivity index (χ1n) is 21.1. The zero-order valence-electron chi connectivity index (χ0n) is 32.3. The third-order valence-corrected chi connectivity index (χ3v) is 10.7. The van der Waals surface area contributed by atoms with Crippen LogP contribution in [-0.4, -0.2) is 44.9 Å². The van der Waals surface area contributed by atoms with Crippen molar-refractivity contribution in [2.24, 2.45) is 5.92 Å². The van der Waals surface area contributed by atoms with Gasteiger partial charge < -0.3 is 5.11 Å². The van der Waals surface area contributed by atoms with Crippen LogP contribution in [0.2, 0.25) is 0 Å². The number of carbonyl (C=O) groups excluding carboxylic acids is 2. The summed E-state index contributed by atoms with van der Waals surface area (Å²) in [6.07, 6.45) is 38.3. The van der Waals surface area contributed by atoms with E-state index < -0.39 is 22.9 Å². The molecular weight excluding hydrogens is 637 g/mol. The summed E-state index contributed by atoms with van der Waals surface area (Å²) in [6, 6.07) is 0. The molecule has 0 unspecified atom stereocenters. The second kappa shape index (κ2) is 36.9. The smallest absolute Gasteiger partial charge is 0.394 e. The number of hydrogen-bond donors (Lipinski definition) is 1. The maximum absolute atomic E-state index is 13.1. The highest BCUT2D eigenvalue weighted by Gasteiger charge is 2.26. The van der Waals surface area contributed by atoms with Crippen molar-refractivity contribution in [3.63, 3.8) is 0 Å². The van der Waals surface area contributed by atoms with Crippen LogP contribution in [0.4, 0.5) is 0 Å². The second-order valence-corrected chi connectivity index (χ2v) is 15.7. The molecule has 0 heterocycles. The van der Waals surface area contributed by atoms with Crippen molar-refractivity contribution >= 4 is 22.0 Å². The molecule has 8 heteroatoms. The number of hydrogen-bond acceptors (Lipinski definition) is 7. The lowest BCUT2D eigenvalue weighted by molar-refractivity contribution is -0.133. The Balaban J connectivity index is 4.22. The van der Waals surface area contributed by atoms with Crippen LogP contribution in [0.5, 0.6) is 0 Å². The van der Waals surface area contributed by atoms with Crippen molar-refractivity contribution in [2.45, 2.75) is 226 Å². The molecule has 0 aliphatic rings. The fraction of sp³-hybridized carbons (Fsp3) is 0.951. The molecule has 7 nitrogen and oxygen atoms in total. The summed E-state index contributed by atoms with van der Waals surface area (Å²) in [6.45, 7) is 3.41. The zero-order valence-corrected chi connectivity index (χ0v) is 33.2. The first-order chi connectivity index (χ1) is 23.9. The van der Waals surface area contributed by atoms with E-state index in [2.05, 4.69) is 18.0 Å². The van der Waals surface area contributed by atoms with E-state index in [-0.39, 0.29) is 31.2 Å². The van der Waals surface area contributed by atoms with E-state index in [0.29, 0.717) is 12.8 Å². The third-order valence-electron chi connectivity index (χ3n) is 9.78. The lowest BCUT2D eigenvalue weighted by Crippen LogP contribution is -2.26. The summed E-state index contributed by atoms with van der Waals surface area (Å²) >= 11 is 0. The van der Waals surface area contributed by atoms with E-state index in [1.165, 1.54) is 154 Å². The Hall–Kier alpha value is -0.830. The Morgan fingerprint density at radius 3 is 1.00 bits per heavy atom. The zero-order chi connectivity index (χ0) is 36.1. The Morgan fingerprint density at radius 2 is 0.714 bits per heavy atom. The van der Waals surface area contributed by atoms with Crippen LogP contribution in [0.1, 0.15) is 226 Å². The molecule has 0 aromatic carbocycles. The molecule has 0 aromatic heterocycles. The van der Waals surface area contributed by atoms with Gasteiger partial charge in [-0.25, -0.2) is 8.37 Å². The number of aliphatic hydroxyl groups excluding tert-OH is 1. The SMILES string of the molecule is CCCCCCCCCCCCCCCCCC(=O)C(CCOS(=O)(=O)OCCO)C(=O)CCCCCCCCCCCCCCCCC. The fourth-order valence-corrected chi connectivity index (χ4v) is 7.28. The summed E-state index contributed by atoms with van der Waals surface area (Å²) in [7, 11) is -4.26. The molecule has 0 amide bonds. The van der Waals surface area contributed by atoms with Gasteiger partial charge in [-0.1, -0.05) is 194 Å². The van der Waals surface area contributed by atoms with Crippen molar-refractivity contribution < 1.29 is 31.5 Å². The predicted molar refractivity (Wildman–Crippen MR) is 205 cm³/mol. The number of aliphatic hydroxyl groups is 1. The summed E-state index contributed by atoms with van der Waals surface area (Å²) in [5.41, 5.74) is 0. The van der Waals surface area contributed by atoms with Crippen molar-refractivity contribution in [1.82, 2.24) is 0 Å². The third kappa shape index (κ3) is 34.0. The molecule has 0 aromatic rings. The fourth-order valence-electron chi connectivity index (χ4n) is 6.63. The lowest BCUT2D eigenvalue weighted by atomic mass is 9.89. The van der Waals surface area contributed by atoms with Crippen molar-refractivity contribution in [1.29, 1.82) is 0 Å². The molecule has 1 N–H and O–H groups in total. The number of carbonyl (C=O) groups is 2. The molecule has 0 aliphatic heterocycles. The first kappa shape index (κ1) is 48.2. The van der Waals surface area contributed by atoms with E-state index in [1.807, 2.05) is 0 Å². The average Bonchev–Trinajstić information content (AvgIpc) is 3.09. The Labute approximate surface area is 304 Å². The molecule has 49 heavy (non-hydrogen) atoms. The highest BCUT2D eigenvalue weighted by molar-refractivity contribution is 7.81. The maximum atomic E-state index is 13.1. The van der Waals surface area contributed by atoms with Gasteiger partial charge in [0.1, 0.15) is 11.6 Å². The van der Waals surface area contributed by atoms with Crippen LogP contribution in [0.25, 0.3) is 0 Å². The lowest BCUT2D eigenvalue weighted by Gasteiger charge is -2.15. The van der Waals surface area contributed by atoms with E-state index in [9.17, 15) is 18.0 Å². The van der Waals surface area contributed by atoms with Gasteiger partial charge >= 0.3 is 10.4 Å². The standard InChI is InChI=1S/C41H80O7S/c1-3-5-7-9-11-13-15-17-19-21-23-25-27-29-31-33-40(43)39(35-37-47-49(45,46)48-38-36-42)41(44)34-32-30-28-26-24-22-20-18-16-14-12-10-8-6-4-2/h39,42H,3-38H2,1-2H3. The number of Topliss-reactive ketones (excluding diaryl/α,β-unsaturated/α-hetero) is 2. The van der Waals surface area contributed by atoms with Gasteiger partial charge in [0.05, 0.1) is 25.7 Å². The summed E-state index contributed by atoms with van der Waals surface area (Å²) in [5.74, 6) is -1.03. The quantitative estimate of drug-likeness (QED) is 0.0495. The molecule has 0 saturated heterocycles. The number of ketones is 2. The molecule has 0 bridgehead atoms. The number of unbranched alkanes of at least 4 members (excludes halogenated alkanes) is 28. The minimum atomic E-state index is -4.26. The molecule has 0 spiro atoms. The normalized spacial score (nSPS) is 11.9. The minimum absolute atomic E-state index is 0.0386. The van der Waals surface area contributed by atoms with E-state index in [4.69, 9.17) is 9.29 Å². The maximum Gasteiger partial charge on any atom is 0.399 e. The van der Waals surface area contributed by atoms with Crippen LogP contribution in [0, 0.1) is 5.92 Å². The molecule has 0 saturated carbocycles. The molecule has 0 radical (unpaired) electrons. The van der Waals surface area contributed by atoms with E-state index >= 15 is 0 Å². The van der Waals surface area contributed by atoms with E-state index in [0.717, 1.165) is 38.5 Å². The molecule has 0 fully saturated rings. The Bertz CT molecular complexity index is 784. The van der Waals surface area contributed by atoms with Gasteiger partial charge in [0.15, 0.2) is 0 Å². The van der Waals surface area contributed by atoms with Crippen LogP contribution >= 0.6 is 0 Å². The largest absolute Gasteiger partial charge is 0.399 e. The molecule has 0 rings (SSSR count). The van der Waals surface area contributed by atoms with Crippen LogP contribution in [0.15, 0.2) is 0 Å². The van der Waals surface area contributed by atoms with E-state index in [1.54, 1.807) is 0 Å². The van der Waals surface area contributed by atoms with Crippen molar-refractivity contribution in [3.05, 3.63) is 0 Å². The van der Waals surface area contributed by atoms with Gasteiger partial charge in [0.25, 0.3) is 0 Å². The van der Waals surface area contributed by atoms with Gasteiger partial charge in [-0.05, 0) is 19.3 Å². The van der Waals surface area contributed by atoms with Crippen molar-refractivity contribution in [2.75, 3.05) is 19.8 Å². The summed E-state index contributed by atoms with van der Waals surface area (Å²) < 4.78 is 33.1. The minimum Gasteiger partial charge on any atom is -0.394 e. The monoisotopic (exact) mass is 717 g/mol. The highest BCUT2D eigenvalue weighted by atomic mass is 32.3. The molecule has 0 atom stereocenters. The Morgan fingerprint density at radius 1 is 0.449 bits per heavy atom. The van der Waals surface area contributed by atoms with Gasteiger partial charge in [0, 0.05) is 12.8 Å². The van der Waals surface area contributed by atoms with Crippen LogP contribution in [-0.2, 0) is 28.4 Å². The van der Waals surface area contributed by atoms with Gasteiger partial charge in [0.2, 0.25) is 0 Å². The second-order valence-electron chi connectivity index (χ2n) is 14.4. The molecule has 0 aliphatic carbocycles. The van der Waals surface area contributed by atoms with Gasteiger partial charge in [-0.15, -0.1) is 0 Å². The highest BCUT2D eigenvalue weighted by Crippen LogP contribution is 2.20. The van der Waals surface area contributed by atoms with Gasteiger partial charge in [-0.3, -0.25) is 9.59 Å². The van der Waals surface area contributed by atoms with Crippen LogP contribution in [0.3, 0.4) is 0 Å². The topological polar surface area (TPSA) is 107 Å². The van der Waals surface area contributed by atoms with Crippen LogP contribution < -0.4 is 0 Å². The Kier molecular flexibility index (Phi) is 36.3. The average molecular weight is 717 g/mol. The van der Waals surface area contributed by atoms with Crippen molar-refractivity contribution in [3.8, 4) is 0 Å². The first-order valence-corrected chi connectivity index (χ1v) is 22.4. The molecular formula is C41H80O7S.